The van der Waals surface area contributed by atoms with Crippen molar-refractivity contribution in [2.24, 2.45) is 0 Å². The molecule has 0 amide bonds. The van der Waals surface area contributed by atoms with Crippen LogP contribution in [0.2, 0.25) is 32.7 Å². The molecule has 1 unspecified atom stereocenters. The maximum Gasteiger partial charge on any atom is 0.193 e. The summed E-state index contributed by atoms with van der Waals surface area (Å²) >= 11 is 0. The van der Waals surface area contributed by atoms with Crippen molar-refractivity contribution in [1.82, 2.24) is 8.80 Å². The van der Waals surface area contributed by atoms with Gasteiger partial charge >= 0.3 is 0 Å². The lowest BCUT2D eigenvalue weighted by molar-refractivity contribution is 0.387. The van der Waals surface area contributed by atoms with Gasteiger partial charge in [-0.1, -0.05) is 26.6 Å². The van der Waals surface area contributed by atoms with Gasteiger partial charge in [0, 0.05) is 6.04 Å². The van der Waals surface area contributed by atoms with E-state index in [-0.39, 0.29) is 0 Å². The summed E-state index contributed by atoms with van der Waals surface area (Å²) in [5.41, 5.74) is 0. The van der Waals surface area contributed by atoms with Gasteiger partial charge in [0.05, 0.1) is 0 Å². The van der Waals surface area contributed by atoms with Gasteiger partial charge in [-0.15, -0.1) is 0 Å². The zero-order valence-electron chi connectivity index (χ0n) is 11.6. The van der Waals surface area contributed by atoms with Crippen LogP contribution in [0.1, 0.15) is 19.8 Å². The fraction of sp³-hybridized carbons (Fsp3) is 1.00. The topological polar surface area (TPSA) is 6.48 Å². The van der Waals surface area contributed by atoms with Gasteiger partial charge in [0.15, 0.2) is 8.40 Å². The molecule has 1 rings (SSSR count). The van der Waals surface area contributed by atoms with Crippen LogP contribution in [0.5, 0.6) is 0 Å². The molecule has 0 spiro atoms. The summed E-state index contributed by atoms with van der Waals surface area (Å²) in [6.45, 7) is 16.2. The molecule has 0 aromatic rings. The number of hydrogen-bond donors (Lipinski definition) is 0. The molecule has 90 valence electrons. The van der Waals surface area contributed by atoms with Crippen LogP contribution in [0.25, 0.3) is 0 Å². The second-order valence-corrected chi connectivity index (χ2v) is 16.1. The standard InChI is InChI=1S/C11H28N2Si2/c1-11-9-8-10-13(11)15(6,7)12(2)14(3,4)5/h11H,8-10H2,1-7H3. The molecule has 1 fully saturated rings. The second kappa shape index (κ2) is 4.32. The average Bonchev–Trinajstić information content (AvgIpc) is 2.48. The van der Waals surface area contributed by atoms with Crippen molar-refractivity contribution in [2.75, 3.05) is 13.6 Å². The Labute approximate surface area is 97.9 Å². The summed E-state index contributed by atoms with van der Waals surface area (Å²) in [4.78, 5) is 0. The van der Waals surface area contributed by atoms with Gasteiger partial charge < -0.3 is 8.80 Å². The zero-order chi connectivity index (χ0) is 11.9. The van der Waals surface area contributed by atoms with Crippen molar-refractivity contribution in [2.45, 2.75) is 58.5 Å². The smallest absolute Gasteiger partial charge is 0.193 e. The highest BCUT2D eigenvalue weighted by Gasteiger charge is 2.43. The molecule has 0 aliphatic carbocycles. The van der Waals surface area contributed by atoms with E-state index in [4.69, 9.17) is 0 Å². The first kappa shape index (κ1) is 13.4. The van der Waals surface area contributed by atoms with Gasteiger partial charge in [0.25, 0.3) is 0 Å². The number of nitrogens with zero attached hydrogens (tertiary/aromatic N) is 2. The van der Waals surface area contributed by atoms with Crippen LogP contribution in [-0.4, -0.2) is 45.1 Å². The first-order valence-electron chi connectivity index (χ1n) is 6.18. The largest absolute Gasteiger partial charge is 0.336 e. The Morgan fingerprint density at radius 2 is 1.67 bits per heavy atom. The van der Waals surface area contributed by atoms with E-state index >= 15 is 0 Å². The molecule has 0 radical (unpaired) electrons. The highest BCUT2D eigenvalue weighted by Crippen LogP contribution is 2.28. The quantitative estimate of drug-likeness (QED) is 0.704. The molecule has 1 aliphatic heterocycles. The summed E-state index contributed by atoms with van der Waals surface area (Å²) in [5, 5.41) is 0. The van der Waals surface area contributed by atoms with Crippen LogP contribution in [0.4, 0.5) is 0 Å². The summed E-state index contributed by atoms with van der Waals surface area (Å²) in [6.07, 6.45) is 2.80. The van der Waals surface area contributed by atoms with E-state index in [9.17, 15) is 0 Å². The Balaban J connectivity index is 2.81. The molecule has 0 N–H and O–H groups in total. The van der Waals surface area contributed by atoms with Gasteiger partial charge in [0.1, 0.15) is 8.24 Å². The molecule has 0 aromatic carbocycles. The lowest BCUT2D eigenvalue weighted by atomic mass is 10.3. The molecule has 1 heterocycles. The van der Waals surface area contributed by atoms with Crippen molar-refractivity contribution >= 4 is 16.6 Å². The molecule has 0 saturated carbocycles. The van der Waals surface area contributed by atoms with E-state index in [1.54, 1.807) is 0 Å². The predicted molar refractivity (Wildman–Crippen MR) is 74.0 cm³/mol. The summed E-state index contributed by atoms with van der Waals surface area (Å²) in [7, 11) is -0.119. The number of rotatable bonds is 3. The van der Waals surface area contributed by atoms with E-state index in [2.05, 4.69) is 55.5 Å². The van der Waals surface area contributed by atoms with Crippen LogP contribution < -0.4 is 0 Å². The fourth-order valence-electron chi connectivity index (χ4n) is 2.76. The van der Waals surface area contributed by atoms with Gasteiger partial charge in [-0.25, -0.2) is 0 Å². The molecule has 1 atom stereocenters. The minimum atomic E-state index is -1.34. The Hall–Kier alpha value is 0.354. The first-order chi connectivity index (χ1) is 6.67. The maximum absolute atomic E-state index is 2.81. The van der Waals surface area contributed by atoms with Crippen LogP contribution in [0, 0.1) is 0 Å². The second-order valence-electron chi connectivity index (χ2n) is 6.41. The normalized spacial score (nSPS) is 25.2. The predicted octanol–water partition coefficient (Wildman–Crippen LogP) is 2.94. The zero-order valence-corrected chi connectivity index (χ0v) is 13.6. The Kier molecular flexibility index (Phi) is 3.86. The van der Waals surface area contributed by atoms with E-state index in [0.29, 0.717) is 0 Å². The molecule has 1 aliphatic rings. The van der Waals surface area contributed by atoms with Crippen molar-refractivity contribution < 1.29 is 0 Å². The average molecular weight is 245 g/mol. The molecule has 2 nitrogen and oxygen atoms in total. The minimum Gasteiger partial charge on any atom is -0.336 e. The third kappa shape index (κ3) is 2.72. The van der Waals surface area contributed by atoms with Crippen LogP contribution in [-0.2, 0) is 0 Å². The van der Waals surface area contributed by atoms with Gasteiger partial charge in [0.2, 0.25) is 0 Å². The van der Waals surface area contributed by atoms with Crippen molar-refractivity contribution in [1.29, 1.82) is 0 Å². The SMILES string of the molecule is CC1CCCN1[Si](C)(C)N(C)[Si](C)(C)C. The van der Waals surface area contributed by atoms with E-state index < -0.39 is 16.6 Å². The fourth-order valence-corrected chi connectivity index (χ4v) is 12.0. The Morgan fingerprint density at radius 1 is 1.13 bits per heavy atom. The van der Waals surface area contributed by atoms with Crippen molar-refractivity contribution in [3.8, 4) is 0 Å². The minimum absolute atomic E-state index is 0.811. The van der Waals surface area contributed by atoms with E-state index in [0.717, 1.165) is 6.04 Å². The Morgan fingerprint density at radius 3 is 2.00 bits per heavy atom. The maximum atomic E-state index is 2.81. The highest BCUT2D eigenvalue weighted by atomic mass is 28.4. The molecule has 1 saturated heterocycles. The molecule has 4 heteroatoms. The van der Waals surface area contributed by atoms with E-state index in [1.807, 2.05) is 0 Å². The summed E-state index contributed by atoms with van der Waals surface area (Å²) in [6, 6.07) is 0.811. The third-order valence-corrected chi connectivity index (χ3v) is 13.5. The lowest BCUT2D eigenvalue weighted by Crippen LogP contribution is -2.67. The van der Waals surface area contributed by atoms with Gasteiger partial charge in [-0.3, -0.25) is 0 Å². The Bertz CT molecular complexity index is 219. The third-order valence-electron chi connectivity index (χ3n) is 4.08. The van der Waals surface area contributed by atoms with E-state index in [1.165, 1.54) is 19.4 Å². The summed E-state index contributed by atoms with van der Waals surface area (Å²) < 4.78 is 5.58. The van der Waals surface area contributed by atoms with Crippen LogP contribution in [0.3, 0.4) is 0 Å². The molecular weight excluding hydrogens is 216 g/mol. The first-order valence-corrected chi connectivity index (χ1v) is 12.5. The van der Waals surface area contributed by atoms with Gasteiger partial charge in [-0.2, -0.15) is 0 Å². The molecule has 0 bridgehead atoms. The highest BCUT2D eigenvalue weighted by molar-refractivity contribution is 6.88. The van der Waals surface area contributed by atoms with Crippen molar-refractivity contribution in [3.63, 3.8) is 0 Å². The summed E-state index contributed by atoms with van der Waals surface area (Å²) in [5.74, 6) is 0. The molecular formula is C11H28N2Si2. The lowest BCUT2D eigenvalue weighted by Gasteiger charge is -2.48. The van der Waals surface area contributed by atoms with Crippen LogP contribution >= 0.6 is 0 Å². The van der Waals surface area contributed by atoms with Gasteiger partial charge in [-0.05, 0) is 39.5 Å². The number of hydrogen-bond acceptors (Lipinski definition) is 2. The molecule has 15 heavy (non-hydrogen) atoms. The molecule has 0 aromatic heterocycles. The monoisotopic (exact) mass is 244 g/mol. The van der Waals surface area contributed by atoms with Crippen LogP contribution in [0.15, 0.2) is 0 Å². The van der Waals surface area contributed by atoms with Crippen molar-refractivity contribution in [3.05, 3.63) is 0 Å².